The molecule has 0 atom stereocenters. The lowest BCUT2D eigenvalue weighted by Crippen LogP contribution is -1.93. The second-order valence-corrected chi connectivity index (χ2v) is 3.29. The molecule has 0 aromatic carbocycles. The van der Waals surface area contributed by atoms with E-state index in [0.29, 0.717) is 10.6 Å². The van der Waals surface area contributed by atoms with Crippen molar-refractivity contribution in [1.29, 1.82) is 0 Å². The highest BCUT2D eigenvalue weighted by Gasteiger charge is 2.02. The quantitative estimate of drug-likeness (QED) is 0.575. The second kappa shape index (κ2) is 8.82. The van der Waals surface area contributed by atoms with Gasteiger partial charge in [-0.2, -0.15) is 0 Å². The molecule has 0 bridgehead atoms. The van der Waals surface area contributed by atoms with Crippen LogP contribution in [0, 0.1) is 0 Å². The van der Waals surface area contributed by atoms with E-state index in [-0.39, 0.29) is 18.0 Å². The van der Waals surface area contributed by atoms with Crippen LogP contribution in [0.2, 0.25) is 0 Å². The Hall–Kier alpha value is -0.760. The van der Waals surface area contributed by atoms with E-state index in [1.807, 2.05) is 13.8 Å². The van der Waals surface area contributed by atoms with Gasteiger partial charge in [0.15, 0.2) is 0 Å². The zero-order valence-corrected chi connectivity index (χ0v) is 10.3. The molecule has 1 N–H and O–H groups in total. The first-order valence-electron chi connectivity index (χ1n) is 4.65. The Kier molecular flexibility index (Phi) is 9.89. The monoisotopic (exact) mass is 218 g/mol. The summed E-state index contributed by atoms with van der Waals surface area (Å²) in [6.07, 6.45) is 1.77. The summed E-state index contributed by atoms with van der Waals surface area (Å²) in [7, 11) is 0. The van der Waals surface area contributed by atoms with Crippen LogP contribution in [0.3, 0.4) is 0 Å². The van der Waals surface area contributed by atoms with Crippen LogP contribution < -0.4 is 0 Å². The lowest BCUT2D eigenvalue weighted by Gasteiger charge is -2.00. The van der Waals surface area contributed by atoms with Crippen molar-refractivity contribution < 1.29 is 9.90 Å². The first-order valence-corrected chi connectivity index (χ1v) is 5.03. The molecule has 0 aliphatic rings. The van der Waals surface area contributed by atoms with Crippen LogP contribution in [0.15, 0.2) is 22.4 Å². The van der Waals surface area contributed by atoms with Gasteiger partial charge >= 0.3 is 0 Å². The number of carbonyl (C=O) groups is 1. The summed E-state index contributed by atoms with van der Waals surface area (Å²) in [5, 5.41) is 9.48. The number of carbonyl (C=O) groups excluding carboxylic acids is 1. The normalized spacial score (nSPS) is 12.6. The number of Topliss-reactive ketones (excluding diaryl/α,β-unsaturated/α-hetero) is 1. The van der Waals surface area contributed by atoms with Gasteiger partial charge in [0, 0.05) is 11.5 Å². The number of ketones is 1. The average molecular weight is 219 g/mol. The topological polar surface area (TPSA) is 37.3 Å². The van der Waals surface area contributed by atoms with Crippen molar-refractivity contribution in [2.45, 2.75) is 41.0 Å². The molecule has 0 fully saturated rings. The number of aliphatic hydroxyl groups excluding tert-OH is 1. The number of halogens is 1. The average Bonchev–Trinajstić information content (AvgIpc) is 2.05. The lowest BCUT2D eigenvalue weighted by molar-refractivity contribution is -0.116. The van der Waals surface area contributed by atoms with Gasteiger partial charge in [-0.1, -0.05) is 25.4 Å². The van der Waals surface area contributed by atoms with E-state index in [1.165, 1.54) is 13.0 Å². The van der Waals surface area contributed by atoms with E-state index in [2.05, 4.69) is 0 Å². The molecule has 2 nitrogen and oxygen atoms in total. The molecule has 0 unspecified atom stereocenters. The standard InChI is InChI=1S/C9H13ClO2.C2H6/c1-6(11)4-9(8(3)10)5-7(2)12;1-2/h4,11H,5H2,1-3H3;1-2H3/b6-4+,9-8-;. The predicted octanol–water partition coefficient (Wildman–Crippen LogP) is 3.97. The predicted molar refractivity (Wildman–Crippen MR) is 61.6 cm³/mol. The molecule has 0 rings (SSSR count). The van der Waals surface area contributed by atoms with Crippen molar-refractivity contribution in [3.63, 3.8) is 0 Å². The van der Waals surface area contributed by atoms with Gasteiger partial charge in [0.2, 0.25) is 0 Å². The molecule has 0 amide bonds. The maximum Gasteiger partial charge on any atom is 0.134 e. The highest BCUT2D eigenvalue weighted by molar-refractivity contribution is 6.29. The third-order valence-electron chi connectivity index (χ3n) is 1.26. The van der Waals surface area contributed by atoms with Crippen LogP contribution in [-0.4, -0.2) is 10.9 Å². The molecule has 0 aliphatic heterocycles. The third kappa shape index (κ3) is 9.33. The Morgan fingerprint density at radius 1 is 1.29 bits per heavy atom. The van der Waals surface area contributed by atoms with Crippen LogP contribution >= 0.6 is 11.6 Å². The van der Waals surface area contributed by atoms with E-state index in [9.17, 15) is 4.79 Å². The molecule has 0 spiro atoms. The lowest BCUT2D eigenvalue weighted by atomic mass is 10.1. The molecule has 0 aliphatic carbocycles. The van der Waals surface area contributed by atoms with Crippen molar-refractivity contribution >= 4 is 17.4 Å². The minimum absolute atomic E-state index is 0.0301. The summed E-state index contributed by atoms with van der Waals surface area (Å²) in [5.41, 5.74) is 0.671. The zero-order chi connectivity index (χ0) is 11.7. The van der Waals surface area contributed by atoms with Gasteiger partial charge in [-0.15, -0.1) is 0 Å². The molecule has 0 saturated heterocycles. The minimum Gasteiger partial charge on any atom is -0.513 e. The molecule has 3 heteroatoms. The molecule has 0 radical (unpaired) electrons. The molecular formula is C11H19ClO2. The van der Waals surface area contributed by atoms with Gasteiger partial charge in [-0.05, 0) is 32.4 Å². The fourth-order valence-electron chi connectivity index (χ4n) is 0.793. The summed E-state index contributed by atoms with van der Waals surface area (Å²) in [6, 6.07) is 0. The van der Waals surface area contributed by atoms with E-state index in [4.69, 9.17) is 16.7 Å². The highest BCUT2D eigenvalue weighted by Crippen LogP contribution is 2.15. The van der Waals surface area contributed by atoms with Crippen LogP contribution in [0.5, 0.6) is 0 Å². The van der Waals surface area contributed by atoms with Crippen molar-refractivity contribution in [2.75, 3.05) is 0 Å². The maximum absolute atomic E-state index is 10.7. The molecule has 82 valence electrons. The SMILES string of the molecule is CC.CC(=O)CC(/C=C(\C)O)=C(/C)Cl. The van der Waals surface area contributed by atoms with E-state index >= 15 is 0 Å². The molecule has 0 aromatic rings. The summed E-state index contributed by atoms with van der Waals surface area (Å²) >= 11 is 5.70. The van der Waals surface area contributed by atoms with Crippen molar-refractivity contribution in [3.8, 4) is 0 Å². The zero-order valence-electron chi connectivity index (χ0n) is 9.52. The van der Waals surface area contributed by atoms with Gasteiger partial charge in [-0.25, -0.2) is 0 Å². The van der Waals surface area contributed by atoms with Crippen LogP contribution in [0.1, 0.15) is 41.0 Å². The van der Waals surface area contributed by atoms with Gasteiger partial charge in [0.1, 0.15) is 5.78 Å². The fraction of sp³-hybridized carbons (Fsp3) is 0.545. The Balaban J connectivity index is 0. The Morgan fingerprint density at radius 2 is 1.71 bits per heavy atom. The number of rotatable bonds is 3. The molecule has 14 heavy (non-hydrogen) atoms. The Morgan fingerprint density at radius 3 is 1.93 bits per heavy atom. The second-order valence-electron chi connectivity index (χ2n) is 2.72. The van der Waals surface area contributed by atoms with Crippen LogP contribution in [-0.2, 0) is 4.79 Å². The molecular weight excluding hydrogens is 200 g/mol. The molecule has 0 aromatic heterocycles. The summed E-state index contributed by atoms with van der Waals surface area (Å²) in [5.74, 6) is 0.189. The van der Waals surface area contributed by atoms with Gasteiger partial charge in [-0.3, -0.25) is 4.79 Å². The van der Waals surface area contributed by atoms with Gasteiger partial charge in [0.25, 0.3) is 0 Å². The summed E-state index contributed by atoms with van der Waals surface area (Å²) in [6.45, 7) is 8.72. The van der Waals surface area contributed by atoms with E-state index in [0.717, 1.165) is 0 Å². The van der Waals surface area contributed by atoms with Crippen molar-refractivity contribution in [3.05, 3.63) is 22.4 Å². The number of allylic oxidation sites excluding steroid dienone is 4. The minimum atomic E-state index is 0.0301. The summed E-state index contributed by atoms with van der Waals surface area (Å²) < 4.78 is 0. The van der Waals surface area contributed by atoms with Crippen molar-refractivity contribution in [2.24, 2.45) is 0 Å². The molecule has 0 heterocycles. The third-order valence-corrected chi connectivity index (χ3v) is 1.51. The number of aliphatic hydroxyl groups is 1. The van der Waals surface area contributed by atoms with Crippen molar-refractivity contribution in [1.82, 2.24) is 0 Å². The van der Waals surface area contributed by atoms with Crippen LogP contribution in [0.4, 0.5) is 0 Å². The Labute approximate surface area is 91.3 Å². The van der Waals surface area contributed by atoms with Crippen LogP contribution in [0.25, 0.3) is 0 Å². The smallest absolute Gasteiger partial charge is 0.134 e. The number of hydrogen-bond donors (Lipinski definition) is 1. The fourth-order valence-corrected chi connectivity index (χ4v) is 0.914. The largest absolute Gasteiger partial charge is 0.513 e. The van der Waals surface area contributed by atoms with Gasteiger partial charge < -0.3 is 5.11 Å². The van der Waals surface area contributed by atoms with Gasteiger partial charge in [0.05, 0.1) is 5.76 Å². The first kappa shape index (κ1) is 15.7. The molecule has 0 saturated carbocycles. The van der Waals surface area contributed by atoms with E-state index < -0.39 is 0 Å². The summed E-state index contributed by atoms with van der Waals surface area (Å²) in [4.78, 5) is 10.7. The highest BCUT2D eigenvalue weighted by atomic mass is 35.5. The number of hydrogen-bond acceptors (Lipinski definition) is 2. The Bertz CT molecular complexity index is 232. The maximum atomic E-state index is 10.7. The van der Waals surface area contributed by atoms with E-state index in [1.54, 1.807) is 13.8 Å². The first-order chi connectivity index (χ1) is 6.43.